The third kappa shape index (κ3) is 4.36. The van der Waals surface area contributed by atoms with Crippen molar-refractivity contribution in [1.29, 1.82) is 0 Å². The van der Waals surface area contributed by atoms with E-state index in [2.05, 4.69) is 10.3 Å². The van der Waals surface area contributed by atoms with E-state index >= 15 is 0 Å². The summed E-state index contributed by atoms with van der Waals surface area (Å²) in [6.07, 6.45) is 2.02. The normalized spacial score (nSPS) is 13.3. The standard InChI is InChI=1S/C20H23N3O4/c1-26-17-9-8-14(12-18(17)27-2)13-21-19(24)15-6-5-7-16(22-15)20(25)23-10-3-4-11-23/h5-9,12H,3-4,10-11,13H2,1-2H3,(H,21,24). The van der Waals surface area contributed by atoms with Gasteiger partial charge in [0.05, 0.1) is 14.2 Å². The SMILES string of the molecule is COc1ccc(CNC(=O)c2cccc(C(=O)N3CCCC3)n2)cc1OC. The first kappa shape index (κ1) is 18.7. The smallest absolute Gasteiger partial charge is 0.272 e. The number of pyridine rings is 1. The minimum absolute atomic E-state index is 0.123. The van der Waals surface area contributed by atoms with Gasteiger partial charge in [0, 0.05) is 19.6 Å². The van der Waals surface area contributed by atoms with Crippen LogP contribution in [0.5, 0.6) is 11.5 Å². The van der Waals surface area contributed by atoms with Gasteiger partial charge >= 0.3 is 0 Å². The van der Waals surface area contributed by atoms with Gasteiger partial charge < -0.3 is 19.7 Å². The molecule has 0 radical (unpaired) electrons. The van der Waals surface area contributed by atoms with E-state index in [1.165, 1.54) is 0 Å². The number of nitrogens with one attached hydrogen (secondary N) is 1. The summed E-state index contributed by atoms with van der Waals surface area (Å²) in [6.45, 7) is 1.80. The molecule has 7 nitrogen and oxygen atoms in total. The third-order valence-electron chi connectivity index (χ3n) is 4.50. The minimum atomic E-state index is -0.333. The lowest BCUT2D eigenvalue weighted by atomic mass is 10.2. The zero-order valence-electron chi connectivity index (χ0n) is 15.5. The van der Waals surface area contributed by atoms with Crippen LogP contribution in [0.4, 0.5) is 0 Å². The lowest BCUT2D eigenvalue weighted by Crippen LogP contribution is -2.29. The molecule has 0 atom stereocenters. The van der Waals surface area contributed by atoms with E-state index in [0.29, 0.717) is 23.7 Å². The Kier molecular flexibility index (Phi) is 5.90. The van der Waals surface area contributed by atoms with Crippen molar-refractivity contribution in [3.05, 3.63) is 53.3 Å². The first-order valence-electron chi connectivity index (χ1n) is 8.88. The molecule has 1 aliphatic rings. The zero-order chi connectivity index (χ0) is 19.2. The second kappa shape index (κ2) is 8.53. The van der Waals surface area contributed by atoms with Crippen LogP contribution < -0.4 is 14.8 Å². The molecule has 7 heteroatoms. The van der Waals surface area contributed by atoms with E-state index in [1.807, 2.05) is 6.07 Å². The number of likely N-dealkylation sites (tertiary alicyclic amines) is 1. The molecule has 0 unspecified atom stereocenters. The lowest BCUT2D eigenvalue weighted by molar-refractivity contribution is 0.0787. The van der Waals surface area contributed by atoms with Crippen molar-refractivity contribution < 1.29 is 19.1 Å². The van der Waals surface area contributed by atoms with Crippen LogP contribution in [0.1, 0.15) is 39.4 Å². The number of ether oxygens (including phenoxy) is 2. The highest BCUT2D eigenvalue weighted by molar-refractivity contribution is 5.96. The molecular formula is C20H23N3O4. The van der Waals surface area contributed by atoms with Crippen LogP contribution in [0.3, 0.4) is 0 Å². The third-order valence-corrected chi connectivity index (χ3v) is 4.50. The van der Waals surface area contributed by atoms with Crippen molar-refractivity contribution in [3.8, 4) is 11.5 Å². The van der Waals surface area contributed by atoms with E-state index in [1.54, 1.807) is 49.5 Å². The van der Waals surface area contributed by atoms with Crippen molar-refractivity contribution in [2.45, 2.75) is 19.4 Å². The molecule has 3 rings (SSSR count). The van der Waals surface area contributed by atoms with Crippen LogP contribution in [0.25, 0.3) is 0 Å². The Bertz CT molecular complexity index is 832. The highest BCUT2D eigenvalue weighted by atomic mass is 16.5. The molecule has 142 valence electrons. The summed E-state index contributed by atoms with van der Waals surface area (Å²) in [6, 6.07) is 10.4. The fraction of sp³-hybridized carbons (Fsp3) is 0.350. The van der Waals surface area contributed by atoms with Crippen molar-refractivity contribution in [1.82, 2.24) is 15.2 Å². The molecule has 1 fully saturated rings. The molecule has 1 saturated heterocycles. The van der Waals surface area contributed by atoms with Crippen LogP contribution in [0.15, 0.2) is 36.4 Å². The van der Waals surface area contributed by atoms with Gasteiger partial charge in [-0.15, -0.1) is 0 Å². The maximum Gasteiger partial charge on any atom is 0.272 e. The predicted molar refractivity (Wildman–Crippen MR) is 100 cm³/mol. The van der Waals surface area contributed by atoms with E-state index in [0.717, 1.165) is 31.5 Å². The summed E-state index contributed by atoms with van der Waals surface area (Å²) in [5, 5.41) is 2.82. The first-order valence-corrected chi connectivity index (χ1v) is 8.88. The number of amides is 2. The Morgan fingerprint density at radius 3 is 2.44 bits per heavy atom. The van der Waals surface area contributed by atoms with Crippen molar-refractivity contribution in [2.24, 2.45) is 0 Å². The number of carbonyl (C=O) groups excluding carboxylic acids is 2. The zero-order valence-corrected chi connectivity index (χ0v) is 15.5. The van der Waals surface area contributed by atoms with Gasteiger partial charge in [-0.3, -0.25) is 9.59 Å². The molecule has 0 saturated carbocycles. The molecule has 1 N–H and O–H groups in total. The number of aromatic nitrogens is 1. The number of benzene rings is 1. The lowest BCUT2D eigenvalue weighted by Gasteiger charge is -2.15. The van der Waals surface area contributed by atoms with Crippen molar-refractivity contribution in [2.75, 3.05) is 27.3 Å². The van der Waals surface area contributed by atoms with Crippen LogP contribution in [-0.4, -0.2) is 49.0 Å². The van der Waals surface area contributed by atoms with E-state index in [9.17, 15) is 9.59 Å². The number of hydrogen-bond acceptors (Lipinski definition) is 5. The average Bonchev–Trinajstić information content (AvgIpc) is 3.26. The Labute approximate surface area is 158 Å². The Hall–Kier alpha value is -3.09. The summed E-state index contributed by atoms with van der Waals surface area (Å²) in [4.78, 5) is 30.9. The second-order valence-electron chi connectivity index (χ2n) is 6.28. The van der Waals surface area contributed by atoms with Gasteiger partial charge in [-0.05, 0) is 42.7 Å². The summed E-state index contributed by atoms with van der Waals surface area (Å²) >= 11 is 0. The quantitative estimate of drug-likeness (QED) is 0.845. The van der Waals surface area contributed by atoms with Gasteiger partial charge in [-0.2, -0.15) is 0 Å². The molecule has 0 spiro atoms. The summed E-state index contributed by atoms with van der Waals surface area (Å²) in [5.41, 5.74) is 1.39. The minimum Gasteiger partial charge on any atom is -0.493 e. The average molecular weight is 369 g/mol. The van der Waals surface area contributed by atoms with Crippen LogP contribution in [-0.2, 0) is 6.54 Å². The van der Waals surface area contributed by atoms with E-state index in [4.69, 9.17) is 9.47 Å². The molecule has 0 bridgehead atoms. The number of methoxy groups -OCH3 is 2. The molecule has 2 aromatic rings. The molecule has 1 aromatic carbocycles. The molecule has 0 aliphatic carbocycles. The number of nitrogens with zero attached hydrogens (tertiary/aromatic N) is 2. The molecule has 27 heavy (non-hydrogen) atoms. The highest BCUT2D eigenvalue weighted by Crippen LogP contribution is 2.27. The summed E-state index contributed by atoms with van der Waals surface area (Å²) < 4.78 is 10.5. The molecule has 1 aromatic heterocycles. The van der Waals surface area contributed by atoms with Crippen LogP contribution >= 0.6 is 0 Å². The maximum absolute atomic E-state index is 12.4. The van der Waals surface area contributed by atoms with Gasteiger partial charge in [0.1, 0.15) is 11.4 Å². The van der Waals surface area contributed by atoms with Crippen molar-refractivity contribution >= 4 is 11.8 Å². The summed E-state index contributed by atoms with van der Waals surface area (Å²) in [5.74, 6) is 0.769. The summed E-state index contributed by atoms with van der Waals surface area (Å²) in [7, 11) is 3.13. The maximum atomic E-state index is 12.4. The molecular weight excluding hydrogens is 346 g/mol. The second-order valence-corrected chi connectivity index (χ2v) is 6.28. The fourth-order valence-corrected chi connectivity index (χ4v) is 3.03. The Morgan fingerprint density at radius 2 is 1.74 bits per heavy atom. The van der Waals surface area contributed by atoms with E-state index < -0.39 is 0 Å². The molecule has 2 amide bonds. The van der Waals surface area contributed by atoms with Gasteiger partial charge in [-0.1, -0.05) is 12.1 Å². The number of carbonyl (C=O) groups is 2. The largest absolute Gasteiger partial charge is 0.493 e. The van der Waals surface area contributed by atoms with E-state index in [-0.39, 0.29) is 17.5 Å². The van der Waals surface area contributed by atoms with Gasteiger partial charge in [0.2, 0.25) is 0 Å². The van der Waals surface area contributed by atoms with Crippen LogP contribution in [0.2, 0.25) is 0 Å². The topological polar surface area (TPSA) is 80.8 Å². The number of rotatable bonds is 6. The molecule has 1 aliphatic heterocycles. The first-order chi connectivity index (χ1) is 13.1. The molecule has 2 heterocycles. The monoisotopic (exact) mass is 369 g/mol. The van der Waals surface area contributed by atoms with Gasteiger partial charge in [0.25, 0.3) is 11.8 Å². The fourth-order valence-electron chi connectivity index (χ4n) is 3.03. The highest BCUT2D eigenvalue weighted by Gasteiger charge is 2.21. The van der Waals surface area contributed by atoms with Gasteiger partial charge in [-0.25, -0.2) is 4.98 Å². The van der Waals surface area contributed by atoms with Crippen molar-refractivity contribution in [3.63, 3.8) is 0 Å². The Balaban J connectivity index is 1.66. The Morgan fingerprint density at radius 1 is 1.04 bits per heavy atom. The van der Waals surface area contributed by atoms with Crippen LogP contribution in [0, 0.1) is 0 Å². The predicted octanol–water partition coefficient (Wildman–Crippen LogP) is 2.26. The number of hydrogen-bond donors (Lipinski definition) is 1. The van der Waals surface area contributed by atoms with Gasteiger partial charge in [0.15, 0.2) is 11.5 Å².